The summed E-state index contributed by atoms with van der Waals surface area (Å²) in [5, 5.41) is 12.0. The molecule has 84 valence electrons. The molecule has 1 heterocycles. The molecule has 0 amide bonds. The van der Waals surface area contributed by atoms with Gasteiger partial charge in [-0.25, -0.2) is 4.98 Å². The fraction of sp³-hybridized carbons (Fsp3) is 0.600. The molecule has 0 aliphatic heterocycles. The Morgan fingerprint density at radius 2 is 2.27 bits per heavy atom. The lowest BCUT2D eigenvalue weighted by molar-refractivity contribution is 0.170. The van der Waals surface area contributed by atoms with Crippen molar-refractivity contribution in [3.8, 4) is 0 Å². The number of hydrogen-bond donors (Lipinski definition) is 2. The number of aryl methyl sites for hydroxylation is 1. The lowest BCUT2D eigenvalue weighted by Crippen LogP contribution is -2.30. The number of anilines is 1. The highest BCUT2D eigenvalue weighted by Crippen LogP contribution is 2.13. The van der Waals surface area contributed by atoms with Crippen LogP contribution in [-0.2, 0) is 7.05 Å². The van der Waals surface area contributed by atoms with Crippen molar-refractivity contribution in [1.29, 1.82) is 0 Å². The quantitative estimate of drug-likeness (QED) is 0.747. The first-order chi connectivity index (χ1) is 6.96. The molecule has 1 aromatic rings. The first kappa shape index (κ1) is 11.7. The molecule has 0 saturated heterocycles. The summed E-state index contributed by atoms with van der Waals surface area (Å²) >= 11 is 0. The molecule has 0 aliphatic rings. The van der Waals surface area contributed by atoms with Crippen molar-refractivity contribution >= 4 is 5.82 Å². The first-order valence-electron chi connectivity index (χ1n) is 4.83. The Hall–Kier alpha value is -1.36. The molecule has 0 radical (unpaired) electrons. The Kier molecular flexibility index (Phi) is 3.47. The van der Waals surface area contributed by atoms with Crippen molar-refractivity contribution in [1.82, 2.24) is 9.55 Å². The van der Waals surface area contributed by atoms with Gasteiger partial charge in [-0.2, -0.15) is 0 Å². The van der Waals surface area contributed by atoms with Crippen LogP contribution in [0.1, 0.15) is 13.8 Å². The number of nitrogens with one attached hydrogen (secondary N) is 1. The fourth-order valence-electron chi connectivity index (χ4n) is 0.998. The van der Waals surface area contributed by atoms with Gasteiger partial charge < -0.3 is 15.0 Å². The van der Waals surface area contributed by atoms with Gasteiger partial charge in [-0.05, 0) is 0 Å². The van der Waals surface area contributed by atoms with Gasteiger partial charge in [0, 0.05) is 38.0 Å². The summed E-state index contributed by atoms with van der Waals surface area (Å²) in [6.45, 7) is 4.39. The van der Waals surface area contributed by atoms with Gasteiger partial charge in [0.1, 0.15) is 0 Å². The molecule has 0 aliphatic carbocycles. The lowest BCUT2D eigenvalue weighted by atomic mass is 9.95. The Labute approximate surface area is 88.8 Å². The van der Waals surface area contributed by atoms with Crippen molar-refractivity contribution in [2.75, 3.05) is 18.5 Å². The molecule has 1 rings (SSSR count). The number of hydrogen-bond acceptors (Lipinski definition) is 4. The SMILES string of the molecule is Cn1ccnc(NCC(C)(C)CO)c1=O. The molecule has 5 heteroatoms. The summed E-state index contributed by atoms with van der Waals surface area (Å²) in [7, 11) is 1.67. The van der Waals surface area contributed by atoms with Gasteiger partial charge in [0.15, 0.2) is 5.82 Å². The summed E-state index contributed by atoms with van der Waals surface area (Å²) in [5.41, 5.74) is -0.422. The third-order valence-electron chi connectivity index (χ3n) is 2.18. The third-order valence-corrected chi connectivity index (χ3v) is 2.18. The van der Waals surface area contributed by atoms with Crippen LogP contribution in [0, 0.1) is 5.41 Å². The zero-order chi connectivity index (χ0) is 11.5. The highest BCUT2D eigenvalue weighted by molar-refractivity contribution is 5.30. The van der Waals surface area contributed by atoms with Crippen LogP contribution >= 0.6 is 0 Å². The van der Waals surface area contributed by atoms with E-state index in [-0.39, 0.29) is 17.6 Å². The summed E-state index contributed by atoms with van der Waals surface area (Å²) < 4.78 is 1.46. The van der Waals surface area contributed by atoms with Gasteiger partial charge in [0.2, 0.25) is 0 Å². The predicted octanol–water partition coefficient (Wildman–Crippen LogP) is 0.211. The van der Waals surface area contributed by atoms with Crippen LogP contribution in [-0.4, -0.2) is 27.8 Å². The normalized spacial score (nSPS) is 11.5. The number of rotatable bonds is 4. The molecule has 0 atom stereocenters. The number of aliphatic hydroxyl groups excluding tert-OH is 1. The van der Waals surface area contributed by atoms with Crippen LogP contribution in [0.5, 0.6) is 0 Å². The zero-order valence-electron chi connectivity index (χ0n) is 9.32. The second-order valence-electron chi connectivity index (χ2n) is 4.37. The van der Waals surface area contributed by atoms with Crippen molar-refractivity contribution in [3.05, 3.63) is 22.7 Å². The standard InChI is InChI=1S/C10H17N3O2/c1-10(2,7-14)6-12-8-9(15)13(3)5-4-11-8/h4-5,14H,6-7H2,1-3H3,(H,11,12). The monoisotopic (exact) mass is 211 g/mol. The summed E-state index contributed by atoms with van der Waals surface area (Å²) in [4.78, 5) is 15.5. The van der Waals surface area contributed by atoms with E-state index in [1.54, 1.807) is 19.4 Å². The minimum Gasteiger partial charge on any atom is -0.396 e. The minimum atomic E-state index is -0.261. The number of aliphatic hydroxyl groups is 1. The van der Waals surface area contributed by atoms with Crippen LogP contribution in [0.4, 0.5) is 5.82 Å². The second kappa shape index (κ2) is 4.44. The van der Waals surface area contributed by atoms with Gasteiger partial charge in [-0.15, -0.1) is 0 Å². The van der Waals surface area contributed by atoms with Gasteiger partial charge in [0.25, 0.3) is 5.56 Å². The second-order valence-corrected chi connectivity index (χ2v) is 4.37. The van der Waals surface area contributed by atoms with Crippen molar-refractivity contribution in [3.63, 3.8) is 0 Å². The number of aromatic nitrogens is 2. The third kappa shape index (κ3) is 3.06. The van der Waals surface area contributed by atoms with Gasteiger partial charge in [0.05, 0.1) is 0 Å². The van der Waals surface area contributed by atoms with E-state index in [0.29, 0.717) is 12.4 Å². The average Bonchev–Trinajstić information content (AvgIpc) is 2.20. The number of nitrogens with zero attached hydrogens (tertiary/aromatic N) is 2. The summed E-state index contributed by atoms with van der Waals surface area (Å²) in [6.07, 6.45) is 3.17. The predicted molar refractivity (Wildman–Crippen MR) is 58.8 cm³/mol. The van der Waals surface area contributed by atoms with E-state index in [9.17, 15) is 4.79 Å². The molecule has 5 nitrogen and oxygen atoms in total. The van der Waals surface area contributed by atoms with Crippen LogP contribution in [0.3, 0.4) is 0 Å². The largest absolute Gasteiger partial charge is 0.396 e. The smallest absolute Gasteiger partial charge is 0.293 e. The van der Waals surface area contributed by atoms with E-state index in [1.165, 1.54) is 4.57 Å². The Balaban J connectivity index is 2.75. The van der Waals surface area contributed by atoms with E-state index >= 15 is 0 Å². The van der Waals surface area contributed by atoms with Crippen LogP contribution in [0.15, 0.2) is 17.2 Å². The summed E-state index contributed by atoms with van der Waals surface area (Å²) in [5.74, 6) is 0.321. The van der Waals surface area contributed by atoms with Crippen LogP contribution in [0.25, 0.3) is 0 Å². The zero-order valence-corrected chi connectivity index (χ0v) is 9.32. The van der Waals surface area contributed by atoms with Crippen LogP contribution < -0.4 is 10.9 Å². The van der Waals surface area contributed by atoms with Gasteiger partial charge in [-0.1, -0.05) is 13.8 Å². The molecule has 2 N–H and O–H groups in total. The van der Waals surface area contributed by atoms with Crippen molar-refractivity contribution in [2.24, 2.45) is 12.5 Å². The Morgan fingerprint density at radius 3 is 2.87 bits per heavy atom. The van der Waals surface area contributed by atoms with Crippen molar-refractivity contribution < 1.29 is 5.11 Å². The van der Waals surface area contributed by atoms with E-state index in [4.69, 9.17) is 5.11 Å². The van der Waals surface area contributed by atoms with Gasteiger partial charge >= 0.3 is 0 Å². The van der Waals surface area contributed by atoms with Gasteiger partial charge in [-0.3, -0.25) is 4.79 Å². The molecule has 0 saturated carbocycles. The molecular weight excluding hydrogens is 194 g/mol. The van der Waals surface area contributed by atoms with E-state index in [0.717, 1.165) is 0 Å². The lowest BCUT2D eigenvalue weighted by Gasteiger charge is -2.21. The maximum atomic E-state index is 11.5. The average molecular weight is 211 g/mol. The van der Waals surface area contributed by atoms with E-state index < -0.39 is 0 Å². The molecular formula is C10H17N3O2. The van der Waals surface area contributed by atoms with Crippen LogP contribution in [0.2, 0.25) is 0 Å². The van der Waals surface area contributed by atoms with E-state index in [1.807, 2.05) is 13.8 Å². The first-order valence-corrected chi connectivity index (χ1v) is 4.83. The topological polar surface area (TPSA) is 67.2 Å². The van der Waals surface area contributed by atoms with Crippen molar-refractivity contribution in [2.45, 2.75) is 13.8 Å². The Morgan fingerprint density at radius 1 is 1.60 bits per heavy atom. The highest BCUT2D eigenvalue weighted by atomic mass is 16.3. The minimum absolute atomic E-state index is 0.0626. The van der Waals surface area contributed by atoms with E-state index in [2.05, 4.69) is 10.3 Å². The molecule has 0 bridgehead atoms. The fourth-order valence-corrected chi connectivity index (χ4v) is 0.998. The maximum Gasteiger partial charge on any atom is 0.293 e. The molecule has 0 unspecified atom stereocenters. The molecule has 0 aromatic carbocycles. The molecule has 0 spiro atoms. The molecule has 1 aromatic heterocycles. The molecule has 0 fully saturated rings. The summed E-state index contributed by atoms with van der Waals surface area (Å²) in [6, 6.07) is 0. The Bertz CT molecular complexity index is 384. The highest BCUT2D eigenvalue weighted by Gasteiger charge is 2.16. The maximum absolute atomic E-state index is 11.5. The molecule has 15 heavy (non-hydrogen) atoms.